The van der Waals surface area contributed by atoms with Crippen molar-refractivity contribution < 1.29 is 0 Å². The van der Waals surface area contributed by atoms with E-state index in [9.17, 15) is 4.79 Å². The molecular weight excluding hydrogens is 290 g/mol. The van der Waals surface area contributed by atoms with Crippen LogP contribution in [-0.4, -0.2) is 24.7 Å². The summed E-state index contributed by atoms with van der Waals surface area (Å²) in [6.07, 6.45) is 6.56. The second-order valence-electron chi connectivity index (χ2n) is 5.92. The van der Waals surface area contributed by atoms with Crippen molar-refractivity contribution in [3.63, 3.8) is 0 Å². The van der Waals surface area contributed by atoms with Gasteiger partial charge in [-0.05, 0) is 18.4 Å². The number of aromatic amines is 1. The standard InChI is InChI=1S/C17H17N5O/c23-17-20-15(8-12-4-2-1-3-5-12)21-22(17)11-13-9-18-16(19-10-13)14-6-7-14/h1-5,9-10,14H,6-8,11H2,(H,20,21,23). The minimum Gasteiger partial charge on any atom is -0.292 e. The van der Waals surface area contributed by atoms with E-state index in [4.69, 9.17) is 0 Å². The fourth-order valence-corrected chi connectivity index (χ4v) is 2.55. The molecule has 1 aromatic carbocycles. The lowest BCUT2D eigenvalue weighted by Crippen LogP contribution is -2.19. The van der Waals surface area contributed by atoms with Gasteiger partial charge in [-0.3, -0.25) is 4.98 Å². The highest BCUT2D eigenvalue weighted by molar-refractivity contribution is 5.18. The van der Waals surface area contributed by atoms with Crippen molar-refractivity contribution >= 4 is 0 Å². The summed E-state index contributed by atoms with van der Waals surface area (Å²) in [6.45, 7) is 0.384. The topological polar surface area (TPSA) is 76.5 Å². The van der Waals surface area contributed by atoms with Gasteiger partial charge in [-0.15, -0.1) is 0 Å². The molecule has 3 aromatic rings. The summed E-state index contributed by atoms with van der Waals surface area (Å²) in [5, 5.41) is 4.36. The first-order chi connectivity index (χ1) is 11.3. The summed E-state index contributed by atoms with van der Waals surface area (Å²) in [4.78, 5) is 23.6. The lowest BCUT2D eigenvalue weighted by atomic mass is 10.1. The smallest absolute Gasteiger partial charge is 0.292 e. The van der Waals surface area contributed by atoms with Gasteiger partial charge in [0.25, 0.3) is 0 Å². The van der Waals surface area contributed by atoms with E-state index < -0.39 is 0 Å². The van der Waals surface area contributed by atoms with Crippen LogP contribution in [0.3, 0.4) is 0 Å². The van der Waals surface area contributed by atoms with Gasteiger partial charge >= 0.3 is 5.69 Å². The Hall–Kier alpha value is -2.76. The molecule has 0 amide bonds. The maximum atomic E-state index is 12.0. The monoisotopic (exact) mass is 307 g/mol. The third-order valence-electron chi connectivity index (χ3n) is 3.94. The number of rotatable bonds is 5. The molecule has 2 heterocycles. The molecule has 116 valence electrons. The maximum Gasteiger partial charge on any atom is 0.343 e. The van der Waals surface area contributed by atoms with E-state index in [1.54, 1.807) is 12.4 Å². The Bertz CT molecular complexity index is 847. The van der Waals surface area contributed by atoms with E-state index in [-0.39, 0.29) is 5.69 Å². The van der Waals surface area contributed by atoms with Crippen LogP contribution in [0.4, 0.5) is 0 Å². The number of H-pyrrole nitrogens is 1. The third kappa shape index (κ3) is 3.21. The van der Waals surface area contributed by atoms with Gasteiger partial charge in [-0.1, -0.05) is 30.3 Å². The van der Waals surface area contributed by atoms with Gasteiger partial charge in [0.05, 0.1) is 6.54 Å². The largest absolute Gasteiger partial charge is 0.343 e. The van der Waals surface area contributed by atoms with Crippen molar-refractivity contribution in [2.24, 2.45) is 0 Å². The molecular formula is C17H17N5O. The molecule has 6 nitrogen and oxygen atoms in total. The Kier molecular flexibility index (Phi) is 3.49. The van der Waals surface area contributed by atoms with Crippen molar-refractivity contribution in [1.82, 2.24) is 24.7 Å². The molecule has 23 heavy (non-hydrogen) atoms. The Labute approximate surface area is 133 Å². The molecule has 4 rings (SSSR count). The third-order valence-corrected chi connectivity index (χ3v) is 3.94. The summed E-state index contributed by atoms with van der Waals surface area (Å²) in [5.41, 5.74) is 1.79. The predicted molar refractivity (Wildman–Crippen MR) is 85.2 cm³/mol. The van der Waals surface area contributed by atoms with Gasteiger partial charge in [0.2, 0.25) is 0 Å². The van der Waals surface area contributed by atoms with Gasteiger partial charge in [-0.25, -0.2) is 19.4 Å². The highest BCUT2D eigenvalue weighted by atomic mass is 16.1. The first kappa shape index (κ1) is 13.9. The van der Waals surface area contributed by atoms with Gasteiger partial charge in [0.15, 0.2) is 0 Å². The highest BCUT2D eigenvalue weighted by Gasteiger charge is 2.26. The lowest BCUT2D eigenvalue weighted by molar-refractivity contribution is 0.646. The molecule has 2 aromatic heterocycles. The zero-order valence-electron chi connectivity index (χ0n) is 12.6. The van der Waals surface area contributed by atoms with Crippen LogP contribution in [0.25, 0.3) is 0 Å². The SMILES string of the molecule is O=c1[nH]c(Cc2ccccc2)nn1Cc1cnc(C2CC2)nc1. The van der Waals surface area contributed by atoms with Gasteiger partial charge in [0.1, 0.15) is 11.6 Å². The predicted octanol–water partition coefficient (Wildman–Crippen LogP) is 1.88. The molecule has 1 fully saturated rings. The van der Waals surface area contributed by atoms with Gasteiger partial charge < -0.3 is 0 Å². The molecule has 1 aliphatic rings. The zero-order valence-corrected chi connectivity index (χ0v) is 12.6. The molecule has 0 unspecified atom stereocenters. The number of benzene rings is 1. The summed E-state index contributed by atoms with van der Waals surface area (Å²) in [5.74, 6) is 2.11. The Morgan fingerprint density at radius 1 is 1.09 bits per heavy atom. The lowest BCUT2D eigenvalue weighted by Gasteiger charge is -2.01. The molecule has 0 bridgehead atoms. The average molecular weight is 307 g/mol. The Morgan fingerprint density at radius 3 is 2.52 bits per heavy atom. The molecule has 1 N–H and O–H groups in total. The second-order valence-corrected chi connectivity index (χ2v) is 5.92. The van der Waals surface area contributed by atoms with Gasteiger partial charge in [0, 0.05) is 30.3 Å². The zero-order chi connectivity index (χ0) is 15.6. The summed E-state index contributed by atoms with van der Waals surface area (Å²) < 4.78 is 1.42. The molecule has 0 atom stereocenters. The molecule has 0 saturated heterocycles. The van der Waals surface area contributed by atoms with E-state index in [0.717, 1.165) is 17.0 Å². The number of nitrogens with one attached hydrogen (secondary N) is 1. The minimum atomic E-state index is -0.206. The average Bonchev–Trinajstić information content (AvgIpc) is 3.35. The summed E-state index contributed by atoms with van der Waals surface area (Å²) in [6, 6.07) is 9.95. The van der Waals surface area contributed by atoms with Crippen LogP contribution < -0.4 is 5.69 Å². The summed E-state index contributed by atoms with van der Waals surface area (Å²) >= 11 is 0. The van der Waals surface area contributed by atoms with E-state index in [0.29, 0.717) is 24.7 Å². The van der Waals surface area contributed by atoms with E-state index >= 15 is 0 Å². The van der Waals surface area contributed by atoms with Crippen LogP contribution in [0.2, 0.25) is 0 Å². The van der Waals surface area contributed by atoms with Crippen molar-refractivity contribution in [3.8, 4) is 0 Å². The van der Waals surface area contributed by atoms with Crippen LogP contribution in [0.15, 0.2) is 47.5 Å². The van der Waals surface area contributed by atoms with Crippen molar-refractivity contribution in [2.45, 2.75) is 31.7 Å². The number of hydrogen-bond acceptors (Lipinski definition) is 4. The van der Waals surface area contributed by atoms with Crippen LogP contribution in [0.1, 0.15) is 41.5 Å². The Balaban J connectivity index is 1.49. The van der Waals surface area contributed by atoms with E-state index in [1.165, 1.54) is 17.5 Å². The molecule has 0 aliphatic heterocycles. The number of nitrogens with zero attached hydrogens (tertiary/aromatic N) is 4. The van der Waals surface area contributed by atoms with Crippen LogP contribution in [0.5, 0.6) is 0 Å². The van der Waals surface area contributed by atoms with Crippen LogP contribution >= 0.6 is 0 Å². The molecule has 1 aliphatic carbocycles. The van der Waals surface area contributed by atoms with Crippen molar-refractivity contribution in [2.75, 3.05) is 0 Å². The van der Waals surface area contributed by atoms with Crippen molar-refractivity contribution in [3.05, 3.63) is 76.0 Å². The second kappa shape index (κ2) is 5.79. The summed E-state index contributed by atoms with van der Waals surface area (Å²) in [7, 11) is 0. The Morgan fingerprint density at radius 2 is 1.83 bits per heavy atom. The number of aromatic nitrogens is 5. The fourth-order valence-electron chi connectivity index (χ4n) is 2.55. The van der Waals surface area contributed by atoms with Crippen LogP contribution in [0, 0.1) is 0 Å². The normalized spacial score (nSPS) is 14.1. The van der Waals surface area contributed by atoms with Gasteiger partial charge in [-0.2, -0.15) is 5.10 Å². The number of hydrogen-bond donors (Lipinski definition) is 1. The molecule has 1 saturated carbocycles. The molecule has 0 radical (unpaired) electrons. The fraction of sp³-hybridized carbons (Fsp3) is 0.294. The van der Waals surface area contributed by atoms with Crippen molar-refractivity contribution in [1.29, 1.82) is 0 Å². The van der Waals surface area contributed by atoms with E-state index in [1.807, 2.05) is 30.3 Å². The molecule has 0 spiro atoms. The highest BCUT2D eigenvalue weighted by Crippen LogP contribution is 2.37. The maximum absolute atomic E-state index is 12.0. The first-order valence-electron chi connectivity index (χ1n) is 7.79. The molecule has 6 heteroatoms. The first-order valence-corrected chi connectivity index (χ1v) is 7.79. The van der Waals surface area contributed by atoms with Crippen LogP contribution in [-0.2, 0) is 13.0 Å². The quantitative estimate of drug-likeness (QED) is 0.781. The minimum absolute atomic E-state index is 0.206. The van der Waals surface area contributed by atoms with E-state index in [2.05, 4.69) is 20.1 Å².